The first-order chi connectivity index (χ1) is 5.75. The Labute approximate surface area is 70.8 Å². The summed E-state index contributed by atoms with van der Waals surface area (Å²) in [5.74, 6) is -0.00144. The molecule has 0 radical (unpaired) electrons. The number of alkyl halides is 1. The van der Waals surface area contributed by atoms with E-state index in [-0.39, 0.29) is 18.7 Å². The highest BCUT2D eigenvalue weighted by molar-refractivity contribution is 5.33. The fraction of sp³-hybridized carbons (Fsp3) is 0.333. The van der Waals surface area contributed by atoms with E-state index in [1.54, 1.807) is 18.2 Å². The lowest BCUT2D eigenvalue weighted by atomic mass is 10.1. The smallest absolute Gasteiger partial charge is 0.130 e. The molecule has 1 atom stereocenters. The molecule has 0 saturated carbocycles. The number of phenols is 1. The highest BCUT2D eigenvalue weighted by atomic mass is 19.1. The fourth-order valence-electron chi connectivity index (χ4n) is 1.05. The van der Waals surface area contributed by atoms with Crippen LogP contribution >= 0.6 is 0 Å². The molecule has 1 aromatic carbocycles. The van der Waals surface area contributed by atoms with Crippen molar-refractivity contribution >= 4 is 0 Å². The maximum absolute atomic E-state index is 13.2. The summed E-state index contributed by atoms with van der Waals surface area (Å²) >= 11 is 0. The van der Waals surface area contributed by atoms with E-state index >= 15 is 0 Å². The van der Waals surface area contributed by atoms with Gasteiger partial charge in [-0.2, -0.15) is 0 Å². The lowest BCUT2D eigenvalue weighted by Crippen LogP contribution is -2.03. The first-order valence-corrected chi connectivity index (χ1v) is 3.87. The van der Waals surface area contributed by atoms with Crippen LogP contribution in [0.2, 0.25) is 0 Å². The van der Waals surface area contributed by atoms with Gasteiger partial charge < -0.3 is 10.8 Å². The van der Waals surface area contributed by atoms with Crippen LogP contribution in [0.5, 0.6) is 5.75 Å². The van der Waals surface area contributed by atoms with Gasteiger partial charge in [0.25, 0.3) is 0 Å². The average Bonchev–Trinajstić information content (AvgIpc) is 2.05. The van der Waals surface area contributed by atoms with E-state index < -0.39 is 6.17 Å². The minimum atomic E-state index is -1.16. The van der Waals surface area contributed by atoms with E-state index in [0.29, 0.717) is 5.56 Å². The molecule has 1 unspecified atom stereocenters. The molecule has 0 aliphatic carbocycles. The largest absolute Gasteiger partial charge is 0.508 e. The molecule has 3 N–H and O–H groups in total. The van der Waals surface area contributed by atoms with Gasteiger partial charge in [-0.25, -0.2) is 4.39 Å². The Morgan fingerprint density at radius 2 is 2.08 bits per heavy atom. The molecule has 0 aliphatic rings. The second-order valence-electron chi connectivity index (χ2n) is 2.60. The molecule has 2 nitrogen and oxygen atoms in total. The fourth-order valence-corrected chi connectivity index (χ4v) is 1.05. The van der Waals surface area contributed by atoms with Gasteiger partial charge in [-0.1, -0.05) is 18.2 Å². The quantitative estimate of drug-likeness (QED) is 0.724. The maximum atomic E-state index is 13.2. The molecular weight excluding hydrogens is 157 g/mol. The molecule has 12 heavy (non-hydrogen) atoms. The van der Waals surface area contributed by atoms with Gasteiger partial charge in [-0.05, 0) is 19.0 Å². The van der Waals surface area contributed by atoms with Crippen molar-refractivity contribution in [3.8, 4) is 5.75 Å². The summed E-state index contributed by atoms with van der Waals surface area (Å²) in [6.45, 7) is 0.287. The van der Waals surface area contributed by atoms with Gasteiger partial charge in [-0.3, -0.25) is 0 Å². The number of aromatic hydroxyl groups is 1. The lowest BCUT2D eigenvalue weighted by Gasteiger charge is -2.07. The summed E-state index contributed by atoms with van der Waals surface area (Å²) in [4.78, 5) is 0. The van der Waals surface area contributed by atoms with Crippen molar-refractivity contribution in [3.05, 3.63) is 29.8 Å². The zero-order valence-corrected chi connectivity index (χ0v) is 6.70. The molecule has 0 fully saturated rings. The van der Waals surface area contributed by atoms with E-state index in [1.807, 2.05) is 0 Å². The van der Waals surface area contributed by atoms with Crippen molar-refractivity contribution in [3.63, 3.8) is 0 Å². The summed E-state index contributed by atoms with van der Waals surface area (Å²) < 4.78 is 13.2. The van der Waals surface area contributed by atoms with E-state index in [4.69, 9.17) is 5.73 Å². The molecule has 0 aliphatic heterocycles. The molecule has 0 amide bonds. The highest BCUT2D eigenvalue weighted by Gasteiger charge is 2.11. The predicted octanol–water partition coefficient (Wildman–Crippen LogP) is 1.75. The molecule has 0 bridgehead atoms. The van der Waals surface area contributed by atoms with Gasteiger partial charge in [0.1, 0.15) is 11.9 Å². The third-order valence-corrected chi connectivity index (χ3v) is 1.69. The second kappa shape index (κ2) is 4.07. The van der Waals surface area contributed by atoms with Gasteiger partial charge >= 0.3 is 0 Å². The number of rotatable bonds is 3. The Kier molecular flexibility index (Phi) is 3.05. The normalized spacial score (nSPS) is 12.8. The first kappa shape index (κ1) is 9.00. The maximum Gasteiger partial charge on any atom is 0.130 e. The van der Waals surface area contributed by atoms with Crippen LogP contribution in [0.3, 0.4) is 0 Å². The predicted molar refractivity (Wildman–Crippen MR) is 45.6 cm³/mol. The third-order valence-electron chi connectivity index (χ3n) is 1.69. The van der Waals surface area contributed by atoms with Crippen molar-refractivity contribution in [1.82, 2.24) is 0 Å². The minimum absolute atomic E-state index is 0.00144. The summed E-state index contributed by atoms with van der Waals surface area (Å²) in [7, 11) is 0. The van der Waals surface area contributed by atoms with Crippen LogP contribution in [-0.2, 0) is 0 Å². The summed E-state index contributed by atoms with van der Waals surface area (Å²) in [6.07, 6.45) is -0.909. The monoisotopic (exact) mass is 169 g/mol. The number of nitrogens with two attached hydrogens (primary N) is 1. The van der Waals surface area contributed by atoms with Crippen molar-refractivity contribution in [2.24, 2.45) is 5.73 Å². The highest BCUT2D eigenvalue weighted by Crippen LogP contribution is 2.28. The zero-order chi connectivity index (χ0) is 8.97. The van der Waals surface area contributed by atoms with Crippen LogP contribution in [0.1, 0.15) is 18.2 Å². The van der Waals surface area contributed by atoms with Crippen molar-refractivity contribution < 1.29 is 9.50 Å². The molecule has 1 aromatic rings. The minimum Gasteiger partial charge on any atom is -0.508 e. The van der Waals surface area contributed by atoms with Gasteiger partial charge in [0.05, 0.1) is 0 Å². The van der Waals surface area contributed by atoms with Crippen LogP contribution in [-0.4, -0.2) is 11.7 Å². The number of hydrogen-bond donors (Lipinski definition) is 2. The number of phenolic OH excluding ortho intramolecular Hbond substituents is 1. The first-order valence-electron chi connectivity index (χ1n) is 3.87. The van der Waals surface area contributed by atoms with Crippen LogP contribution < -0.4 is 5.73 Å². The summed E-state index contributed by atoms with van der Waals surface area (Å²) in [5, 5.41) is 9.23. The Morgan fingerprint density at radius 3 is 2.67 bits per heavy atom. The van der Waals surface area contributed by atoms with E-state index in [9.17, 15) is 9.50 Å². The Morgan fingerprint density at radius 1 is 1.42 bits per heavy atom. The lowest BCUT2D eigenvalue weighted by molar-refractivity contribution is 0.316. The SMILES string of the molecule is NCCC(F)c1ccccc1O. The van der Waals surface area contributed by atoms with Gasteiger partial charge in [-0.15, -0.1) is 0 Å². The van der Waals surface area contributed by atoms with Crippen LogP contribution in [0.15, 0.2) is 24.3 Å². The van der Waals surface area contributed by atoms with Crippen LogP contribution in [0.25, 0.3) is 0 Å². The van der Waals surface area contributed by atoms with Crippen LogP contribution in [0.4, 0.5) is 4.39 Å². The number of halogens is 1. The molecule has 1 rings (SSSR count). The molecule has 0 heterocycles. The topological polar surface area (TPSA) is 46.2 Å². The van der Waals surface area contributed by atoms with Gasteiger partial charge in [0.2, 0.25) is 0 Å². The molecular formula is C9H12FNO. The Balaban J connectivity index is 2.79. The molecule has 3 heteroatoms. The zero-order valence-electron chi connectivity index (χ0n) is 6.70. The van der Waals surface area contributed by atoms with Crippen molar-refractivity contribution in [2.75, 3.05) is 6.54 Å². The second-order valence-corrected chi connectivity index (χ2v) is 2.60. The summed E-state index contributed by atoms with van der Waals surface area (Å²) in [6, 6.07) is 6.39. The number of para-hydroxylation sites is 1. The standard InChI is InChI=1S/C9H12FNO/c10-8(5-6-11)7-3-1-2-4-9(7)12/h1-4,8,12H,5-6,11H2. The summed E-state index contributed by atoms with van der Waals surface area (Å²) in [5.41, 5.74) is 5.52. The van der Waals surface area contributed by atoms with Gasteiger partial charge in [0.15, 0.2) is 0 Å². The molecule has 0 spiro atoms. The van der Waals surface area contributed by atoms with Crippen LogP contribution in [0, 0.1) is 0 Å². The number of benzene rings is 1. The van der Waals surface area contributed by atoms with E-state index in [1.165, 1.54) is 6.07 Å². The van der Waals surface area contributed by atoms with Gasteiger partial charge in [0, 0.05) is 5.56 Å². The average molecular weight is 169 g/mol. The van der Waals surface area contributed by atoms with Crippen molar-refractivity contribution in [1.29, 1.82) is 0 Å². The Bertz CT molecular complexity index is 252. The molecule has 66 valence electrons. The third kappa shape index (κ3) is 1.95. The Hall–Kier alpha value is -1.09. The number of hydrogen-bond acceptors (Lipinski definition) is 2. The van der Waals surface area contributed by atoms with E-state index in [2.05, 4.69) is 0 Å². The molecule has 0 saturated heterocycles. The molecule has 0 aromatic heterocycles. The van der Waals surface area contributed by atoms with E-state index in [0.717, 1.165) is 0 Å². The van der Waals surface area contributed by atoms with Crippen molar-refractivity contribution in [2.45, 2.75) is 12.6 Å².